The Kier molecular flexibility index (Phi) is 7.06. The van der Waals surface area contributed by atoms with Gasteiger partial charge in [0.2, 0.25) is 0 Å². The monoisotopic (exact) mass is 426 g/mol. The Balaban J connectivity index is 1.97. The Morgan fingerprint density at radius 2 is 1.87 bits per heavy atom. The normalized spacial score (nSPS) is 18.3. The van der Waals surface area contributed by atoms with Gasteiger partial charge in [0.15, 0.2) is 11.5 Å². The smallest absolute Gasteiger partial charge is 0.271 e. The molecule has 1 saturated carbocycles. The number of aliphatic hydroxyl groups excluding tert-OH is 1. The Labute approximate surface area is 181 Å². The molecule has 3 rings (SSSR count). The van der Waals surface area contributed by atoms with E-state index in [9.17, 15) is 14.7 Å². The van der Waals surface area contributed by atoms with Crippen LogP contribution in [-0.2, 0) is 6.42 Å². The molecule has 1 aliphatic carbocycles. The van der Waals surface area contributed by atoms with Gasteiger partial charge in [0.05, 0.1) is 11.8 Å². The number of carbonyl (C=O) groups excluding carboxylic acids is 2. The van der Waals surface area contributed by atoms with Crippen LogP contribution >= 0.6 is 0 Å². The number of hydrogen-bond donors (Lipinski definition) is 5. The van der Waals surface area contributed by atoms with Gasteiger partial charge in [0.1, 0.15) is 5.82 Å². The van der Waals surface area contributed by atoms with E-state index < -0.39 is 5.91 Å². The molecule has 0 spiro atoms. The summed E-state index contributed by atoms with van der Waals surface area (Å²) < 4.78 is 0. The lowest BCUT2D eigenvalue weighted by atomic mass is 9.93. The molecule has 0 bridgehead atoms. The van der Waals surface area contributed by atoms with Crippen molar-refractivity contribution >= 4 is 29.1 Å². The average molecular weight is 427 g/mol. The zero-order chi connectivity index (χ0) is 22.5. The first-order chi connectivity index (χ1) is 14.8. The Hall–Kier alpha value is -3.20. The lowest BCUT2D eigenvalue weighted by molar-refractivity contribution is 0.0960. The quantitative estimate of drug-likeness (QED) is 0.457. The van der Waals surface area contributed by atoms with Crippen molar-refractivity contribution in [3.05, 3.63) is 40.7 Å². The van der Waals surface area contributed by atoms with Crippen LogP contribution in [-0.4, -0.2) is 46.1 Å². The second-order valence-corrected chi connectivity index (χ2v) is 7.77. The van der Waals surface area contributed by atoms with E-state index in [1.807, 2.05) is 13.8 Å². The number of benzene rings is 1. The van der Waals surface area contributed by atoms with Crippen molar-refractivity contribution in [3.8, 4) is 0 Å². The molecular weight excluding hydrogens is 396 g/mol. The van der Waals surface area contributed by atoms with Crippen LogP contribution < -0.4 is 21.7 Å². The summed E-state index contributed by atoms with van der Waals surface area (Å²) in [7, 11) is 1.57. The van der Waals surface area contributed by atoms with Crippen LogP contribution in [0.25, 0.3) is 0 Å². The Morgan fingerprint density at radius 3 is 2.48 bits per heavy atom. The highest BCUT2D eigenvalue weighted by molar-refractivity contribution is 5.99. The van der Waals surface area contributed by atoms with Crippen molar-refractivity contribution in [2.45, 2.75) is 58.1 Å². The zero-order valence-corrected chi connectivity index (χ0v) is 18.2. The maximum atomic E-state index is 12.1. The van der Waals surface area contributed by atoms with E-state index in [0.717, 1.165) is 31.2 Å². The van der Waals surface area contributed by atoms with E-state index in [0.29, 0.717) is 29.2 Å². The molecule has 0 atom stereocenters. The lowest BCUT2D eigenvalue weighted by Gasteiger charge is -2.27. The molecule has 1 aromatic carbocycles. The summed E-state index contributed by atoms with van der Waals surface area (Å²) >= 11 is 0. The van der Waals surface area contributed by atoms with E-state index in [1.54, 1.807) is 25.2 Å². The summed E-state index contributed by atoms with van der Waals surface area (Å²) in [6, 6.07) is 5.46. The molecule has 9 nitrogen and oxygen atoms in total. The van der Waals surface area contributed by atoms with Gasteiger partial charge in [-0.05, 0) is 56.7 Å². The molecule has 0 unspecified atom stereocenters. The fourth-order valence-electron chi connectivity index (χ4n) is 3.78. The molecule has 2 amide bonds. The minimum atomic E-state index is -0.683. The molecule has 166 valence electrons. The average Bonchev–Trinajstić information content (AvgIpc) is 2.76. The number of anilines is 3. The first kappa shape index (κ1) is 22.5. The van der Waals surface area contributed by atoms with Crippen molar-refractivity contribution in [1.82, 2.24) is 15.3 Å². The van der Waals surface area contributed by atoms with Gasteiger partial charge in [-0.1, -0.05) is 13.0 Å². The standard InChI is InChI=1S/C22H30N6O3/c1-4-16-20(25-13-8-10-14(29)11-9-13)28-21(18(26-16)19(23)30)27-17-7-5-6-15(12(17)2)22(31)24-3/h5-7,13-14,29H,4,8-11H2,1-3H3,(H2,23,30)(H,24,31)(H2,25,27,28). The summed E-state index contributed by atoms with van der Waals surface area (Å²) in [5.74, 6) is -0.0561. The number of primary amides is 1. The van der Waals surface area contributed by atoms with Gasteiger partial charge in [-0.2, -0.15) is 0 Å². The van der Waals surface area contributed by atoms with Gasteiger partial charge in [0, 0.05) is 24.3 Å². The highest BCUT2D eigenvalue weighted by Crippen LogP contribution is 2.28. The molecule has 31 heavy (non-hydrogen) atoms. The minimum absolute atomic E-state index is 0.0474. The van der Waals surface area contributed by atoms with Crippen molar-refractivity contribution in [2.24, 2.45) is 5.73 Å². The molecule has 0 aliphatic heterocycles. The van der Waals surface area contributed by atoms with Crippen molar-refractivity contribution < 1.29 is 14.7 Å². The van der Waals surface area contributed by atoms with E-state index in [-0.39, 0.29) is 29.6 Å². The van der Waals surface area contributed by atoms with Crippen LogP contribution in [0.1, 0.15) is 64.7 Å². The predicted octanol–water partition coefficient (Wildman–Crippen LogP) is 2.26. The first-order valence-electron chi connectivity index (χ1n) is 10.6. The maximum absolute atomic E-state index is 12.1. The van der Waals surface area contributed by atoms with E-state index in [4.69, 9.17) is 5.73 Å². The number of nitrogens with two attached hydrogens (primary N) is 1. The third kappa shape index (κ3) is 5.11. The van der Waals surface area contributed by atoms with E-state index >= 15 is 0 Å². The summed E-state index contributed by atoms with van der Waals surface area (Å²) in [5, 5.41) is 18.9. The van der Waals surface area contributed by atoms with Gasteiger partial charge in [0.25, 0.3) is 11.8 Å². The third-order valence-electron chi connectivity index (χ3n) is 5.63. The summed E-state index contributed by atoms with van der Waals surface area (Å²) in [6.07, 6.45) is 3.47. The molecule has 1 aliphatic rings. The molecule has 1 heterocycles. The molecule has 1 fully saturated rings. The molecule has 2 aromatic rings. The highest BCUT2D eigenvalue weighted by atomic mass is 16.3. The Morgan fingerprint density at radius 1 is 1.16 bits per heavy atom. The second kappa shape index (κ2) is 9.74. The fraction of sp³-hybridized carbons (Fsp3) is 0.455. The van der Waals surface area contributed by atoms with E-state index in [1.165, 1.54) is 0 Å². The van der Waals surface area contributed by atoms with Gasteiger partial charge in [-0.25, -0.2) is 9.97 Å². The number of rotatable bonds is 7. The fourth-order valence-corrected chi connectivity index (χ4v) is 3.78. The first-order valence-corrected chi connectivity index (χ1v) is 10.6. The molecular formula is C22H30N6O3. The lowest BCUT2D eigenvalue weighted by Crippen LogP contribution is -2.29. The number of carbonyl (C=O) groups is 2. The zero-order valence-electron chi connectivity index (χ0n) is 18.2. The van der Waals surface area contributed by atoms with Crippen molar-refractivity contribution in [3.63, 3.8) is 0 Å². The van der Waals surface area contributed by atoms with Gasteiger partial charge in [-0.3, -0.25) is 9.59 Å². The van der Waals surface area contributed by atoms with Crippen molar-refractivity contribution in [2.75, 3.05) is 17.7 Å². The highest BCUT2D eigenvalue weighted by Gasteiger charge is 2.23. The number of aromatic nitrogens is 2. The van der Waals surface area contributed by atoms with Gasteiger partial charge in [-0.15, -0.1) is 0 Å². The molecule has 6 N–H and O–H groups in total. The molecule has 0 radical (unpaired) electrons. The number of nitrogens with zero attached hydrogens (tertiary/aromatic N) is 2. The minimum Gasteiger partial charge on any atom is -0.393 e. The number of aryl methyl sites for hydroxylation is 1. The van der Waals surface area contributed by atoms with E-state index in [2.05, 4.69) is 25.9 Å². The summed E-state index contributed by atoms with van der Waals surface area (Å²) in [4.78, 5) is 33.4. The maximum Gasteiger partial charge on any atom is 0.271 e. The van der Waals surface area contributed by atoms with Crippen LogP contribution in [0, 0.1) is 6.92 Å². The number of aliphatic hydroxyl groups is 1. The molecule has 1 aromatic heterocycles. The van der Waals surface area contributed by atoms with Gasteiger partial charge < -0.3 is 26.8 Å². The second-order valence-electron chi connectivity index (χ2n) is 7.77. The topological polar surface area (TPSA) is 142 Å². The van der Waals surface area contributed by atoms with Crippen LogP contribution in [0.15, 0.2) is 18.2 Å². The number of nitrogens with one attached hydrogen (secondary N) is 3. The molecule has 9 heteroatoms. The number of hydrogen-bond acceptors (Lipinski definition) is 7. The van der Waals surface area contributed by atoms with Crippen LogP contribution in [0.3, 0.4) is 0 Å². The summed E-state index contributed by atoms with van der Waals surface area (Å²) in [5.41, 5.74) is 8.16. The van der Waals surface area contributed by atoms with Crippen LogP contribution in [0.2, 0.25) is 0 Å². The predicted molar refractivity (Wildman–Crippen MR) is 120 cm³/mol. The third-order valence-corrected chi connectivity index (χ3v) is 5.63. The Bertz CT molecular complexity index is 970. The SMILES string of the molecule is CCc1nc(C(N)=O)c(Nc2cccc(C(=O)NC)c2C)nc1NC1CCC(O)CC1. The number of amides is 2. The summed E-state index contributed by atoms with van der Waals surface area (Å²) in [6.45, 7) is 3.76. The van der Waals surface area contributed by atoms with Crippen molar-refractivity contribution in [1.29, 1.82) is 0 Å². The van der Waals surface area contributed by atoms with Crippen LogP contribution in [0.5, 0.6) is 0 Å². The van der Waals surface area contributed by atoms with Gasteiger partial charge >= 0.3 is 0 Å². The van der Waals surface area contributed by atoms with Crippen LogP contribution in [0.4, 0.5) is 17.3 Å². The largest absolute Gasteiger partial charge is 0.393 e. The molecule has 0 saturated heterocycles.